The molecule has 1 nitrogen and oxygen atoms in total. The number of allylic oxidation sites excluding steroid dienone is 3. The Kier molecular flexibility index (Phi) is 0.922. The maximum absolute atomic E-state index is 8.69. The lowest BCUT2D eigenvalue weighted by atomic mass is 10.0. The molecule has 2 bridgehead atoms. The van der Waals surface area contributed by atoms with Gasteiger partial charge in [-0.25, -0.2) is 0 Å². The van der Waals surface area contributed by atoms with E-state index in [2.05, 4.69) is 12.2 Å². The molecule has 0 aromatic carbocycles. The third kappa shape index (κ3) is 0.607. The van der Waals surface area contributed by atoms with Crippen molar-refractivity contribution in [2.24, 2.45) is 11.8 Å². The minimum atomic E-state index is 0.583. The van der Waals surface area contributed by atoms with Gasteiger partial charge in [-0.2, -0.15) is 0 Å². The van der Waals surface area contributed by atoms with E-state index in [0.717, 1.165) is 12.3 Å². The highest BCUT2D eigenvalue weighted by Crippen LogP contribution is 2.42. The van der Waals surface area contributed by atoms with Gasteiger partial charge in [0, 0.05) is 5.92 Å². The van der Waals surface area contributed by atoms with Crippen LogP contribution < -0.4 is 0 Å². The molecule has 2 rings (SSSR count). The number of hydrogen-bond donors (Lipinski definition) is 1. The minimum absolute atomic E-state index is 0.583. The van der Waals surface area contributed by atoms with Crippen molar-refractivity contribution in [1.29, 1.82) is 0 Å². The van der Waals surface area contributed by atoms with Crippen LogP contribution in [0.4, 0.5) is 0 Å². The Balaban J connectivity index is 2.29. The maximum atomic E-state index is 8.69. The molecule has 0 heterocycles. The number of aliphatic hydroxyl groups is 1. The van der Waals surface area contributed by atoms with Gasteiger partial charge in [-0.1, -0.05) is 12.2 Å². The van der Waals surface area contributed by atoms with E-state index >= 15 is 0 Å². The van der Waals surface area contributed by atoms with E-state index in [1.54, 1.807) is 0 Å². The van der Waals surface area contributed by atoms with Crippen LogP contribution in [0.5, 0.6) is 0 Å². The molecule has 1 heteroatoms. The Labute approximate surface area is 54.7 Å². The molecule has 0 amide bonds. The van der Waals surface area contributed by atoms with Crippen molar-refractivity contribution in [3.05, 3.63) is 24.0 Å². The van der Waals surface area contributed by atoms with E-state index in [4.69, 9.17) is 5.11 Å². The summed E-state index contributed by atoms with van der Waals surface area (Å²) >= 11 is 0. The van der Waals surface area contributed by atoms with Gasteiger partial charge in [-0.05, 0) is 24.3 Å². The molecule has 0 saturated heterocycles. The second-order valence-corrected chi connectivity index (χ2v) is 2.90. The normalized spacial score (nSPS) is 42.9. The number of fused-ring (bicyclic) bond motifs is 2. The highest BCUT2D eigenvalue weighted by atomic mass is 16.2. The predicted molar refractivity (Wildman–Crippen MR) is 36.1 cm³/mol. The summed E-state index contributed by atoms with van der Waals surface area (Å²) in [7, 11) is 0. The summed E-state index contributed by atoms with van der Waals surface area (Å²) in [6.07, 6.45) is 8.09. The number of hydrogen-bond acceptors (Lipinski definition) is 1. The molecule has 0 aromatic rings. The minimum Gasteiger partial charge on any atom is -0.516 e. The summed E-state index contributed by atoms with van der Waals surface area (Å²) < 4.78 is 0. The van der Waals surface area contributed by atoms with Crippen molar-refractivity contribution in [3.63, 3.8) is 0 Å². The van der Waals surface area contributed by atoms with Gasteiger partial charge < -0.3 is 5.11 Å². The lowest BCUT2D eigenvalue weighted by Gasteiger charge is -2.03. The summed E-state index contributed by atoms with van der Waals surface area (Å²) in [5.74, 6) is 1.33. The maximum Gasteiger partial charge on any atom is 0.0789 e. The van der Waals surface area contributed by atoms with Crippen molar-refractivity contribution >= 4 is 0 Å². The van der Waals surface area contributed by atoms with Gasteiger partial charge in [0.25, 0.3) is 0 Å². The zero-order valence-electron chi connectivity index (χ0n) is 5.25. The Bertz CT molecular complexity index is 179. The first kappa shape index (κ1) is 5.10. The van der Waals surface area contributed by atoms with Crippen LogP contribution >= 0.6 is 0 Å². The van der Waals surface area contributed by atoms with E-state index < -0.39 is 0 Å². The topological polar surface area (TPSA) is 20.2 Å². The molecule has 0 spiro atoms. The van der Waals surface area contributed by atoms with Gasteiger partial charge in [0.1, 0.15) is 0 Å². The van der Waals surface area contributed by atoms with Crippen LogP contribution in [0.3, 0.4) is 0 Å². The van der Waals surface area contributed by atoms with Gasteiger partial charge in [0.15, 0.2) is 0 Å². The smallest absolute Gasteiger partial charge is 0.0789 e. The zero-order chi connectivity index (χ0) is 6.27. The van der Waals surface area contributed by atoms with Crippen molar-refractivity contribution < 1.29 is 5.11 Å². The van der Waals surface area contributed by atoms with Crippen LogP contribution in [-0.4, -0.2) is 5.11 Å². The molecule has 1 saturated carbocycles. The molecular weight excluding hydrogens is 112 g/mol. The Morgan fingerprint density at radius 3 is 2.78 bits per heavy atom. The monoisotopic (exact) mass is 122 g/mol. The fourth-order valence-electron chi connectivity index (χ4n) is 1.80. The van der Waals surface area contributed by atoms with Crippen molar-refractivity contribution in [1.82, 2.24) is 0 Å². The van der Waals surface area contributed by atoms with Gasteiger partial charge in [-0.3, -0.25) is 0 Å². The number of rotatable bonds is 0. The first-order valence-electron chi connectivity index (χ1n) is 3.41. The number of aliphatic hydroxyl groups excluding tert-OH is 1. The molecule has 2 atom stereocenters. The van der Waals surface area contributed by atoms with Gasteiger partial charge in [-0.15, -0.1) is 0 Å². The first-order chi connectivity index (χ1) is 4.40. The SMILES string of the molecule is OC=C1CC2C=CC1C2. The summed E-state index contributed by atoms with van der Waals surface area (Å²) in [5, 5.41) is 8.69. The average molecular weight is 122 g/mol. The Morgan fingerprint density at radius 2 is 2.44 bits per heavy atom. The second-order valence-electron chi connectivity index (χ2n) is 2.90. The van der Waals surface area contributed by atoms with E-state index in [-0.39, 0.29) is 0 Å². The Morgan fingerprint density at radius 1 is 1.56 bits per heavy atom. The second kappa shape index (κ2) is 1.63. The standard InChI is InChI=1S/C8H10O/c9-5-8-4-6-1-2-7(8)3-6/h1-2,5-7,9H,3-4H2. The molecule has 0 aromatic heterocycles. The molecule has 1 fully saturated rings. The molecule has 2 aliphatic carbocycles. The molecular formula is C8H10O. The summed E-state index contributed by atoms with van der Waals surface area (Å²) in [6.45, 7) is 0. The summed E-state index contributed by atoms with van der Waals surface area (Å²) in [4.78, 5) is 0. The fraction of sp³-hybridized carbons (Fsp3) is 0.500. The van der Waals surface area contributed by atoms with Crippen molar-refractivity contribution in [3.8, 4) is 0 Å². The molecule has 2 unspecified atom stereocenters. The third-order valence-electron chi connectivity index (χ3n) is 2.31. The van der Waals surface area contributed by atoms with E-state index in [1.165, 1.54) is 18.3 Å². The zero-order valence-corrected chi connectivity index (χ0v) is 5.25. The third-order valence-corrected chi connectivity index (χ3v) is 2.31. The van der Waals surface area contributed by atoms with Crippen LogP contribution in [-0.2, 0) is 0 Å². The lowest BCUT2D eigenvalue weighted by molar-refractivity contribution is 0.460. The van der Waals surface area contributed by atoms with E-state index in [9.17, 15) is 0 Å². The van der Waals surface area contributed by atoms with Gasteiger partial charge in [0.05, 0.1) is 6.26 Å². The molecule has 48 valence electrons. The van der Waals surface area contributed by atoms with E-state index in [1.807, 2.05) is 0 Å². The van der Waals surface area contributed by atoms with Crippen LogP contribution in [0.1, 0.15) is 12.8 Å². The molecule has 2 aliphatic rings. The van der Waals surface area contributed by atoms with E-state index in [0.29, 0.717) is 5.92 Å². The largest absolute Gasteiger partial charge is 0.516 e. The predicted octanol–water partition coefficient (Wildman–Crippen LogP) is 2.02. The summed E-state index contributed by atoms with van der Waals surface area (Å²) in [5.41, 5.74) is 1.22. The van der Waals surface area contributed by atoms with Gasteiger partial charge in [0.2, 0.25) is 0 Å². The fourth-order valence-corrected chi connectivity index (χ4v) is 1.80. The average Bonchev–Trinajstić information content (AvgIpc) is 2.45. The quantitative estimate of drug-likeness (QED) is 0.385. The van der Waals surface area contributed by atoms with Crippen molar-refractivity contribution in [2.45, 2.75) is 12.8 Å². The molecule has 0 radical (unpaired) electrons. The summed E-state index contributed by atoms with van der Waals surface area (Å²) in [6, 6.07) is 0. The van der Waals surface area contributed by atoms with Crippen LogP contribution in [0.25, 0.3) is 0 Å². The van der Waals surface area contributed by atoms with Gasteiger partial charge >= 0.3 is 0 Å². The molecule has 0 aliphatic heterocycles. The van der Waals surface area contributed by atoms with Crippen LogP contribution in [0.2, 0.25) is 0 Å². The highest BCUT2D eigenvalue weighted by Gasteiger charge is 2.30. The van der Waals surface area contributed by atoms with Crippen molar-refractivity contribution in [2.75, 3.05) is 0 Å². The van der Waals surface area contributed by atoms with Crippen LogP contribution in [0.15, 0.2) is 24.0 Å². The first-order valence-corrected chi connectivity index (χ1v) is 3.41. The highest BCUT2D eigenvalue weighted by molar-refractivity contribution is 5.25. The molecule has 1 N–H and O–H groups in total. The molecule has 9 heavy (non-hydrogen) atoms. The Hall–Kier alpha value is -0.720. The lowest BCUT2D eigenvalue weighted by Crippen LogP contribution is -1.90. The van der Waals surface area contributed by atoms with Crippen LogP contribution in [0, 0.1) is 11.8 Å².